The molecule has 2 fully saturated rings. The van der Waals surface area contributed by atoms with Crippen LogP contribution in [0, 0.1) is 5.92 Å². The first kappa shape index (κ1) is 25.1. The lowest BCUT2D eigenvalue weighted by Gasteiger charge is -2.31. The minimum absolute atomic E-state index is 0.00160. The number of fused-ring (bicyclic) bond motifs is 1. The zero-order valence-corrected chi connectivity index (χ0v) is 22.0. The Hall–Kier alpha value is -3.20. The molecule has 7 nitrogen and oxygen atoms in total. The number of ketones is 1. The molecule has 2 aliphatic heterocycles. The molecule has 198 valence electrons. The van der Waals surface area contributed by atoms with Gasteiger partial charge in [0.15, 0.2) is 11.5 Å². The number of sulfonamides is 1. The van der Waals surface area contributed by atoms with E-state index in [1.807, 2.05) is 54.6 Å². The third-order valence-electron chi connectivity index (χ3n) is 8.07. The summed E-state index contributed by atoms with van der Waals surface area (Å²) in [5.41, 5.74) is 3.28. The average Bonchev–Trinajstić information content (AvgIpc) is 3.64. The zero-order chi connectivity index (χ0) is 26.3. The minimum Gasteiger partial charge on any atom is -0.454 e. The van der Waals surface area contributed by atoms with Crippen molar-refractivity contribution >= 4 is 15.8 Å². The number of carbonyl (C=O) groups is 1. The number of carbonyl (C=O) groups excluding carboxylic acids is 1. The fourth-order valence-electron chi connectivity index (χ4n) is 5.63. The van der Waals surface area contributed by atoms with Crippen molar-refractivity contribution in [3.8, 4) is 22.6 Å². The number of aliphatic hydroxyl groups is 1. The van der Waals surface area contributed by atoms with Crippen LogP contribution in [-0.4, -0.2) is 50.1 Å². The number of hydrogen-bond acceptors (Lipinski definition) is 6. The summed E-state index contributed by atoms with van der Waals surface area (Å²) in [6, 6.07) is 20.6. The van der Waals surface area contributed by atoms with E-state index in [-0.39, 0.29) is 30.0 Å². The lowest BCUT2D eigenvalue weighted by molar-refractivity contribution is -0.120. The Kier molecular flexibility index (Phi) is 6.50. The summed E-state index contributed by atoms with van der Waals surface area (Å²) in [5.74, 6) is 1.59. The molecule has 3 aliphatic rings. The maximum Gasteiger partial charge on any atom is 0.243 e. The Bertz CT molecular complexity index is 1460. The Balaban J connectivity index is 1.17. The monoisotopic (exact) mass is 533 g/mol. The predicted molar refractivity (Wildman–Crippen MR) is 143 cm³/mol. The summed E-state index contributed by atoms with van der Waals surface area (Å²) in [7, 11) is -3.61. The van der Waals surface area contributed by atoms with E-state index in [4.69, 9.17) is 9.47 Å². The van der Waals surface area contributed by atoms with E-state index in [9.17, 15) is 18.3 Å². The van der Waals surface area contributed by atoms with E-state index >= 15 is 0 Å². The second-order valence-electron chi connectivity index (χ2n) is 10.5. The second-order valence-corrected chi connectivity index (χ2v) is 12.5. The van der Waals surface area contributed by atoms with Gasteiger partial charge in [-0.3, -0.25) is 4.79 Å². The van der Waals surface area contributed by atoms with E-state index < -0.39 is 15.4 Å². The van der Waals surface area contributed by atoms with Gasteiger partial charge in [-0.25, -0.2) is 8.42 Å². The zero-order valence-electron chi connectivity index (χ0n) is 21.1. The molecule has 0 spiro atoms. The van der Waals surface area contributed by atoms with Crippen LogP contribution in [0.25, 0.3) is 11.1 Å². The molecule has 1 unspecified atom stereocenters. The van der Waals surface area contributed by atoms with Gasteiger partial charge in [0.05, 0.1) is 10.3 Å². The number of rotatable bonds is 8. The molecule has 3 aromatic carbocycles. The van der Waals surface area contributed by atoms with Crippen LogP contribution in [0.15, 0.2) is 71.6 Å². The molecule has 1 atom stereocenters. The SMILES string of the molecule is O=C(Cc1cccc(-c2ccc(S(=O)(=O)N3CCCC(CO)C3)cc2)c1)C1(c2ccc3c(c2)OCO3)CC1. The molecule has 2 heterocycles. The van der Waals surface area contributed by atoms with Crippen molar-refractivity contribution in [3.05, 3.63) is 77.9 Å². The molecule has 0 amide bonds. The quantitative estimate of drug-likeness (QED) is 0.464. The van der Waals surface area contributed by atoms with Gasteiger partial charge in [-0.15, -0.1) is 0 Å². The fourth-order valence-corrected chi connectivity index (χ4v) is 7.18. The highest BCUT2D eigenvalue weighted by Crippen LogP contribution is 2.51. The number of aliphatic hydroxyl groups excluding tert-OH is 1. The summed E-state index contributed by atoms with van der Waals surface area (Å²) in [6.07, 6.45) is 3.59. The first-order chi connectivity index (χ1) is 18.4. The van der Waals surface area contributed by atoms with Crippen LogP contribution < -0.4 is 9.47 Å². The molecule has 0 radical (unpaired) electrons. The van der Waals surface area contributed by atoms with Gasteiger partial charge >= 0.3 is 0 Å². The van der Waals surface area contributed by atoms with Crippen molar-refractivity contribution in [2.24, 2.45) is 5.92 Å². The van der Waals surface area contributed by atoms with Crippen LogP contribution in [0.3, 0.4) is 0 Å². The van der Waals surface area contributed by atoms with E-state index in [0.717, 1.165) is 47.9 Å². The third-order valence-corrected chi connectivity index (χ3v) is 9.95. The third kappa shape index (κ3) is 4.61. The molecular weight excluding hydrogens is 502 g/mol. The summed E-state index contributed by atoms with van der Waals surface area (Å²) in [6.45, 7) is 1.04. The highest BCUT2D eigenvalue weighted by Gasteiger charge is 2.50. The smallest absolute Gasteiger partial charge is 0.243 e. The molecule has 1 N–H and O–H groups in total. The first-order valence-corrected chi connectivity index (χ1v) is 14.6. The van der Waals surface area contributed by atoms with Gasteiger partial charge in [0, 0.05) is 26.1 Å². The van der Waals surface area contributed by atoms with Crippen LogP contribution in [-0.2, 0) is 26.7 Å². The summed E-state index contributed by atoms with van der Waals surface area (Å²) >= 11 is 0. The molecule has 1 saturated heterocycles. The van der Waals surface area contributed by atoms with Crippen LogP contribution in [0.5, 0.6) is 11.5 Å². The molecule has 3 aromatic rings. The minimum atomic E-state index is -3.61. The summed E-state index contributed by atoms with van der Waals surface area (Å²) in [4.78, 5) is 13.7. The number of hydrogen-bond donors (Lipinski definition) is 1. The Morgan fingerprint density at radius 2 is 1.76 bits per heavy atom. The normalized spacial score (nSPS) is 20.3. The van der Waals surface area contributed by atoms with Gasteiger partial charge in [0.2, 0.25) is 16.8 Å². The molecule has 0 bridgehead atoms. The van der Waals surface area contributed by atoms with Crippen LogP contribution in [0.2, 0.25) is 0 Å². The molecule has 38 heavy (non-hydrogen) atoms. The largest absolute Gasteiger partial charge is 0.454 e. The first-order valence-electron chi connectivity index (χ1n) is 13.1. The number of piperidine rings is 1. The highest BCUT2D eigenvalue weighted by molar-refractivity contribution is 7.89. The molecule has 8 heteroatoms. The van der Waals surface area contributed by atoms with E-state index in [1.165, 1.54) is 4.31 Å². The standard InChI is InChI=1S/C30H31NO6S/c32-19-22-4-2-14-31(18-22)38(34,35)26-9-6-23(7-10-26)24-5-1-3-21(15-24)16-29(33)30(12-13-30)25-8-11-27-28(17-25)37-20-36-27/h1,3,5-11,15,17,22,32H,2,4,12-14,16,18-20H2. The van der Waals surface area contributed by atoms with Crippen LogP contribution in [0.1, 0.15) is 36.8 Å². The lowest BCUT2D eigenvalue weighted by atomic mass is 9.87. The maximum atomic E-state index is 13.4. The highest BCUT2D eigenvalue weighted by atomic mass is 32.2. The molecular formula is C30H31NO6S. The number of benzene rings is 3. The van der Waals surface area contributed by atoms with Gasteiger partial charge in [0.25, 0.3) is 0 Å². The van der Waals surface area contributed by atoms with Crippen molar-refractivity contribution in [2.45, 2.75) is 42.4 Å². The Morgan fingerprint density at radius 1 is 0.974 bits per heavy atom. The van der Waals surface area contributed by atoms with E-state index in [2.05, 4.69) is 0 Å². The Morgan fingerprint density at radius 3 is 2.53 bits per heavy atom. The van der Waals surface area contributed by atoms with Crippen molar-refractivity contribution < 1.29 is 27.8 Å². The summed E-state index contributed by atoms with van der Waals surface area (Å²) in [5, 5.41) is 9.47. The second kappa shape index (κ2) is 9.84. The van der Waals surface area contributed by atoms with E-state index in [1.54, 1.807) is 12.1 Å². The molecule has 1 aliphatic carbocycles. The topological polar surface area (TPSA) is 93.1 Å². The van der Waals surface area contributed by atoms with Crippen LogP contribution >= 0.6 is 0 Å². The summed E-state index contributed by atoms with van der Waals surface area (Å²) < 4.78 is 38.7. The van der Waals surface area contributed by atoms with Crippen molar-refractivity contribution in [2.75, 3.05) is 26.5 Å². The van der Waals surface area contributed by atoms with Crippen LogP contribution in [0.4, 0.5) is 0 Å². The maximum absolute atomic E-state index is 13.4. The predicted octanol–water partition coefficient (Wildman–Crippen LogP) is 4.32. The molecule has 0 aromatic heterocycles. The Labute approximate surface area is 223 Å². The van der Waals surface area contributed by atoms with Crippen molar-refractivity contribution in [1.29, 1.82) is 0 Å². The molecule has 6 rings (SSSR count). The van der Waals surface area contributed by atoms with Gasteiger partial charge < -0.3 is 14.6 Å². The van der Waals surface area contributed by atoms with Gasteiger partial charge in [0.1, 0.15) is 5.78 Å². The van der Waals surface area contributed by atoms with E-state index in [0.29, 0.717) is 31.0 Å². The van der Waals surface area contributed by atoms with Gasteiger partial charge in [-0.2, -0.15) is 4.31 Å². The van der Waals surface area contributed by atoms with Gasteiger partial charge in [-0.05, 0) is 78.1 Å². The number of nitrogens with zero attached hydrogens (tertiary/aromatic N) is 1. The number of ether oxygens (including phenoxy) is 2. The average molecular weight is 534 g/mol. The number of Topliss-reactive ketones (excluding diaryl/α,β-unsaturated/α-hetero) is 1. The lowest BCUT2D eigenvalue weighted by Crippen LogP contribution is -2.40. The van der Waals surface area contributed by atoms with Crippen molar-refractivity contribution in [1.82, 2.24) is 4.31 Å². The molecule has 1 saturated carbocycles. The fraction of sp³-hybridized carbons (Fsp3) is 0.367. The van der Waals surface area contributed by atoms with Gasteiger partial charge in [-0.1, -0.05) is 42.5 Å². The van der Waals surface area contributed by atoms with Crippen molar-refractivity contribution in [3.63, 3.8) is 0 Å².